The highest BCUT2D eigenvalue weighted by atomic mass is 14.8. The third-order valence-electron chi connectivity index (χ3n) is 2.12. The van der Waals surface area contributed by atoms with Crippen molar-refractivity contribution < 1.29 is 0 Å². The maximum Gasteiger partial charge on any atom is 0.0766 e. The predicted molar refractivity (Wildman–Crippen MR) is 56.5 cm³/mol. The Balaban J connectivity index is 3.22. The number of aromatic nitrogens is 1. The van der Waals surface area contributed by atoms with Crippen molar-refractivity contribution in [3.63, 3.8) is 0 Å². The second kappa shape index (κ2) is 3.64. The van der Waals surface area contributed by atoms with E-state index in [1.165, 1.54) is 0 Å². The van der Waals surface area contributed by atoms with Gasteiger partial charge in [-0.1, -0.05) is 20.8 Å². The Morgan fingerprint density at radius 2 is 2.00 bits per heavy atom. The van der Waals surface area contributed by atoms with Gasteiger partial charge in [0.2, 0.25) is 0 Å². The van der Waals surface area contributed by atoms with Crippen LogP contribution in [0.3, 0.4) is 0 Å². The fourth-order valence-corrected chi connectivity index (χ4v) is 1.22. The zero-order chi connectivity index (χ0) is 10.0. The van der Waals surface area contributed by atoms with E-state index in [1.54, 1.807) is 0 Å². The smallest absolute Gasteiger partial charge is 0.0766 e. The average Bonchev–Trinajstić information content (AvgIpc) is 2.09. The fraction of sp³-hybridized carbons (Fsp3) is 0.500. The molecule has 0 saturated heterocycles. The molecule has 4 N–H and O–H groups in total. The lowest BCUT2D eigenvalue weighted by Crippen LogP contribution is -2.05. The number of anilines is 2. The van der Waals surface area contributed by atoms with Crippen LogP contribution in [0.5, 0.6) is 0 Å². The molecule has 0 amide bonds. The first kappa shape index (κ1) is 9.84. The number of hydrogen-bond acceptors (Lipinski definition) is 3. The van der Waals surface area contributed by atoms with Crippen LogP contribution in [0.1, 0.15) is 38.1 Å². The molecule has 1 heterocycles. The van der Waals surface area contributed by atoms with Gasteiger partial charge in [0.15, 0.2) is 0 Å². The SMILES string of the molecule is CCc1nc(C(C)C)cc(N)c1N. The van der Waals surface area contributed by atoms with Gasteiger partial charge in [-0.25, -0.2) is 0 Å². The monoisotopic (exact) mass is 179 g/mol. The van der Waals surface area contributed by atoms with Crippen molar-refractivity contribution in [3.05, 3.63) is 17.5 Å². The van der Waals surface area contributed by atoms with Crippen LogP contribution in [0.2, 0.25) is 0 Å². The van der Waals surface area contributed by atoms with Crippen LogP contribution in [0.15, 0.2) is 6.07 Å². The first-order valence-corrected chi connectivity index (χ1v) is 4.61. The molecule has 0 aromatic carbocycles. The number of rotatable bonds is 2. The lowest BCUT2D eigenvalue weighted by atomic mass is 10.1. The second-order valence-electron chi connectivity index (χ2n) is 3.50. The van der Waals surface area contributed by atoms with E-state index in [4.69, 9.17) is 11.5 Å². The Labute approximate surface area is 79.2 Å². The largest absolute Gasteiger partial charge is 0.397 e. The summed E-state index contributed by atoms with van der Waals surface area (Å²) in [5, 5.41) is 0. The zero-order valence-corrected chi connectivity index (χ0v) is 8.46. The lowest BCUT2D eigenvalue weighted by Gasteiger charge is -2.11. The molecule has 13 heavy (non-hydrogen) atoms. The Morgan fingerprint density at radius 3 is 2.46 bits per heavy atom. The molecule has 0 saturated carbocycles. The number of nitrogens with zero attached hydrogens (tertiary/aromatic N) is 1. The number of aryl methyl sites for hydroxylation is 1. The van der Waals surface area contributed by atoms with Gasteiger partial charge in [0, 0.05) is 5.69 Å². The Hall–Kier alpha value is -1.25. The molecule has 0 aliphatic carbocycles. The van der Waals surface area contributed by atoms with Crippen molar-refractivity contribution in [1.82, 2.24) is 4.98 Å². The van der Waals surface area contributed by atoms with Gasteiger partial charge in [0.1, 0.15) is 0 Å². The van der Waals surface area contributed by atoms with E-state index in [0.717, 1.165) is 17.8 Å². The Morgan fingerprint density at radius 1 is 1.38 bits per heavy atom. The predicted octanol–water partition coefficient (Wildman–Crippen LogP) is 1.93. The molecule has 1 aromatic heterocycles. The summed E-state index contributed by atoms with van der Waals surface area (Å²) < 4.78 is 0. The number of hydrogen-bond donors (Lipinski definition) is 2. The summed E-state index contributed by atoms with van der Waals surface area (Å²) in [7, 11) is 0. The first-order valence-electron chi connectivity index (χ1n) is 4.61. The van der Waals surface area contributed by atoms with E-state index in [9.17, 15) is 0 Å². The van der Waals surface area contributed by atoms with Crippen LogP contribution in [0.4, 0.5) is 11.4 Å². The van der Waals surface area contributed by atoms with Crippen molar-refractivity contribution in [3.8, 4) is 0 Å². The number of pyridine rings is 1. The number of nitrogen functional groups attached to an aromatic ring is 2. The summed E-state index contributed by atoms with van der Waals surface area (Å²) in [5.41, 5.74) is 14.7. The van der Waals surface area contributed by atoms with Gasteiger partial charge in [-0.3, -0.25) is 4.98 Å². The van der Waals surface area contributed by atoms with Gasteiger partial charge >= 0.3 is 0 Å². The topological polar surface area (TPSA) is 64.9 Å². The fourth-order valence-electron chi connectivity index (χ4n) is 1.22. The van der Waals surface area contributed by atoms with Gasteiger partial charge in [0.05, 0.1) is 17.1 Å². The minimum Gasteiger partial charge on any atom is -0.397 e. The molecule has 3 heteroatoms. The third-order valence-corrected chi connectivity index (χ3v) is 2.12. The van der Waals surface area contributed by atoms with Crippen LogP contribution in [-0.4, -0.2) is 4.98 Å². The summed E-state index contributed by atoms with van der Waals surface area (Å²) in [6.45, 7) is 6.22. The second-order valence-corrected chi connectivity index (χ2v) is 3.50. The summed E-state index contributed by atoms with van der Waals surface area (Å²) in [6.07, 6.45) is 0.830. The summed E-state index contributed by atoms with van der Waals surface area (Å²) in [4.78, 5) is 4.45. The molecule has 0 unspecified atom stereocenters. The van der Waals surface area contributed by atoms with Crippen molar-refractivity contribution >= 4 is 11.4 Å². The standard InChI is InChI=1S/C10H17N3/c1-4-8-10(12)7(11)5-9(13-8)6(2)3/h5-6H,4,12H2,1-3H3,(H2,11,13). The molecule has 0 aliphatic heterocycles. The highest BCUT2D eigenvalue weighted by molar-refractivity contribution is 5.66. The van der Waals surface area contributed by atoms with Gasteiger partial charge in [0.25, 0.3) is 0 Å². The minimum absolute atomic E-state index is 0.396. The van der Waals surface area contributed by atoms with Crippen molar-refractivity contribution in [2.45, 2.75) is 33.1 Å². The van der Waals surface area contributed by atoms with Crippen LogP contribution in [0.25, 0.3) is 0 Å². The van der Waals surface area contributed by atoms with E-state index >= 15 is 0 Å². The minimum atomic E-state index is 0.396. The summed E-state index contributed by atoms with van der Waals surface area (Å²) in [5.74, 6) is 0.396. The molecular weight excluding hydrogens is 162 g/mol. The maximum atomic E-state index is 5.77. The maximum absolute atomic E-state index is 5.77. The van der Waals surface area contributed by atoms with E-state index in [0.29, 0.717) is 17.3 Å². The molecule has 0 fully saturated rings. The van der Waals surface area contributed by atoms with Crippen LogP contribution >= 0.6 is 0 Å². The van der Waals surface area contributed by atoms with Gasteiger partial charge in [-0.15, -0.1) is 0 Å². The van der Waals surface area contributed by atoms with Gasteiger partial charge < -0.3 is 11.5 Å². The molecule has 0 radical (unpaired) electrons. The third kappa shape index (κ3) is 1.91. The first-order chi connectivity index (χ1) is 6.06. The summed E-state index contributed by atoms with van der Waals surface area (Å²) >= 11 is 0. The average molecular weight is 179 g/mol. The van der Waals surface area contributed by atoms with Crippen LogP contribution in [0, 0.1) is 0 Å². The molecule has 72 valence electrons. The molecule has 1 rings (SSSR count). The summed E-state index contributed by atoms with van der Waals surface area (Å²) in [6, 6.07) is 1.86. The molecular formula is C10H17N3. The van der Waals surface area contributed by atoms with Crippen LogP contribution < -0.4 is 11.5 Å². The molecule has 1 aromatic rings. The molecule has 0 atom stereocenters. The van der Waals surface area contributed by atoms with Crippen molar-refractivity contribution in [1.29, 1.82) is 0 Å². The van der Waals surface area contributed by atoms with Gasteiger partial charge in [-0.05, 0) is 18.4 Å². The van der Waals surface area contributed by atoms with E-state index < -0.39 is 0 Å². The molecule has 3 nitrogen and oxygen atoms in total. The van der Waals surface area contributed by atoms with Gasteiger partial charge in [-0.2, -0.15) is 0 Å². The van der Waals surface area contributed by atoms with E-state index in [-0.39, 0.29) is 0 Å². The van der Waals surface area contributed by atoms with E-state index in [2.05, 4.69) is 18.8 Å². The molecule has 0 spiro atoms. The zero-order valence-electron chi connectivity index (χ0n) is 8.46. The van der Waals surface area contributed by atoms with Crippen molar-refractivity contribution in [2.75, 3.05) is 11.5 Å². The Kier molecular flexibility index (Phi) is 2.76. The lowest BCUT2D eigenvalue weighted by molar-refractivity contribution is 0.809. The highest BCUT2D eigenvalue weighted by Gasteiger charge is 2.08. The van der Waals surface area contributed by atoms with E-state index in [1.807, 2.05) is 13.0 Å². The Bertz CT molecular complexity index is 305. The number of nitrogens with two attached hydrogens (primary N) is 2. The normalized spacial score (nSPS) is 10.8. The molecule has 0 aliphatic rings. The highest BCUT2D eigenvalue weighted by Crippen LogP contribution is 2.23. The van der Waals surface area contributed by atoms with Crippen molar-refractivity contribution in [2.24, 2.45) is 0 Å². The quantitative estimate of drug-likeness (QED) is 0.729. The van der Waals surface area contributed by atoms with Crippen LogP contribution in [-0.2, 0) is 6.42 Å². The molecule has 0 bridgehead atoms.